The van der Waals surface area contributed by atoms with Gasteiger partial charge in [0.2, 0.25) is 0 Å². The maximum Gasteiger partial charge on any atom is 0.171 e. The van der Waals surface area contributed by atoms with Crippen molar-refractivity contribution in [3.05, 3.63) is 182 Å². The van der Waals surface area contributed by atoms with Crippen molar-refractivity contribution in [2.45, 2.75) is 0 Å². The Kier molecular flexibility index (Phi) is 7.06. The van der Waals surface area contributed by atoms with Crippen LogP contribution in [0.3, 0.4) is 0 Å². The minimum absolute atomic E-state index is 0.662. The molecular weight excluding hydrogens is 654 g/mol. The number of benzene rings is 7. The SMILES string of the molecule is O=P(c1ccccc1)(c1ccccc1)c1ccc(-c2nc3nc4c(ccc5ccc(-c6ccc7ccccc7c6)nc54)cc3c3ccccc23)cc1. The zero-order chi connectivity index (χ0) is 34.6. The topological polar surface area (TPSA) is 55.7 Å². The van der Waals surface area contributed by atoms with E-state index in [0.29, 0.717) is 5.65 Å². The molecule has 0 aliphatic heterocycles. The van der Waals surface area contributed by atoms with Crippen molar-refractivity contribution < 1.29 is 4.57 Å². The van der Waals surface area contributed by atoms with E-state index in [4.69, 9.17) is 15.0 Å². The third kappa shape index (κ3) is 4.92. The fourth-order valence-corrected chi connectivity index (χ4v) is 10.1. The zero-order valence-electron chi connectivity index (χ0n) is 28.0. The highest BCUT2D eigenvalue weighted by molar-refractivity contribution is 7.85. The molecule has 0 aliphatic rings. The number of hydrogen-bond acceptors (Lipinski definition) is 4. The molecule has 0 aliphatic carbocycles. The van der Waals surface area contributed by atoms with Crippen molar-refractivity contribution in [3.8, 4) is 22.5 Å². The molecule has 3 aromatic heterocycles. The van der Waals surface area contributed by atoms with E-state index in [-0.39, 0.29) is 0 Å². The summed E-state index contributed by atoms with van der Waals surface area (Å²) < 4.78 is 15.0. The molecule has 0 radical (unpaired) electrons. The average molecular weight is 684 g/mol. The largest absolute Gasteiger partial charge is 0.309 e. The first kappa shape index (κ1) is 30.4. The first-order valence-corrected chi connectivity index (χ1v) is 19.1. The fraction of sp³-hybridized carbons (Fsp3) is 0. The number of aromatic nitrogens is 3. The summed E-state index contributed by atoms with van der Waals surface area (Å²) in [5.41, 5.74) is 6.08. The van der Waals surface area contributed by atoms with Gasteiger partial charge in [-0.15, -0.1) is 0 Å². The Morgan fingerprint density at radius 1 is 0.365 bits per heavy atom. The van der Waals surface area contributed by atoms with Crippen LogP contribution in [0.15, 0.2) is 182 Å². The lowest BCUT2D eigenvalue weighted by Gasteiger charge is -2.20. The van der Waals surface area contributed by atoms with Crippen molar-refractivity contribution in [1.82, 2.24) is 15.0 Å². The minimum atomic E-state index is -3.10. The number of hydrogen-bond donors (Lipinski definition) is 0. The molecule has 0 atom stereocenters. The van der Waals surface area contributed by atoms with E-state index in [0.717, 1.165) is 76.4 Å². The molecule has 0 bridgehead atoms. The van der Waals surface area contributed by atoms with Crippen LogP contribution in [0.5, 0.6) is 0 Å². The molecule has 0 unspecified atom stereocenters. The Balaban J connectivity index is 1.14. The van der Waals surface area contributed by atoms with E-state index >= 15 is 4.57 Å². The monoisotopic (exact) mass is 683 g/mol. The lowest BCUT2D eigenvalue weighted by molar-refractivity contribution is 0.592. The highest BCUT2D eigenvalue weighted by Gasteiger charge is 2.29. The van der Waals surface area contributed by atoms with Crippen LogP contribution in [0.25, 0.3) is 76.9 Å². The van der Waals surface area contributed by atoms with Gasteiger partial charge in [-0.2, -0.15) is 0 Å². The summed E-state index contributed by atoms with van der Waals surface area (Å²) in [6.45, 7) is 0. The van der Waals surface area contributed by atoms with Gasteiger partial charge >= 0.3 is 0 Å². The summed E-state index contributed by atoms with van der Waals surface area (Å²) in [6.07, 6.45) is 0. The first-order valence-electron chi connectivity index (χ1n) is 17.4. The van der Waals surface area contributed by atoms with E-state index in [1.807, 2.05) is 91.0 Å². The van der Waals surface area contributed by atoms with Gasteiger partial charge < -0.3 is 4.57 Å². The molecule has 0 saturated carbocycles. The van der Waals surface area contributed by atoms with Crippen LogP contribution < -0.4 is 15.9 Å². The van der Waals surface area contributed by atoms with Crippen molar-refractivity contribution in [2.75, 3.05) is 0 Å². The van der Waals surface area contributed by atoms with Gasteiger partial charge in [0.25, 0.3) is 0 Å². The standard InChI is InChI=1S/C47H30N3OP/c51-52(37-13-3-1-4-14-37,38-15-5-2-6-16-38)39-26-23-32(24-27-39)44-41-18-10-9-17-40(41)42-30-36-22-20-33-25-28-43(48-45(33)46(36)50-47(42)49-44)35-21-19-31-11-7-8-12-34(31)29-35/h1-30H. The first-order chi connectivity index (χ1) is 25.6. The fourth-order valence-electron chi connectivity index (χ4n) is 7.47. The number of pyridine rings is 3. The van der Waals surface area contributed by atoms with Crippen LogP contribution in [0.4, 0.5) is 0 Å². The molecule has 244 valence electrons. The minimum Gasteiger partial charge on any atom is -0.309 e. The maximum atomic E-state index is 15.0. The highest BCUT2D eigenvalue weighted by Crippen LogP contribution is 2.43. The quantitative estimate of drug-likeness (QED) is 0.103. The van der Waals surface area contributed by atoms with Crippen LogP contribution in [0, 0.1) is 0 Å². The summed E-state index contributed by atoms with van der Waals surface area (Å²) in [5.74, 6) is 0. The van der Waals surface area contributed by atoms with Crippen LogP contribution >= 0.6 is 7.14 Å². The predicted octanol–water partition coefficient (Wildman–Crippen LogP) is 10.6. The Labute approximate surface area is 300 Å². The molecule has 10 rings (SSSR count). The van der Waals surface area contributed by atoms with Crippen LogP contribution in [0.2, 0.25) is 0 Å². The molecule has 10 aromatic rings. The molecule has 0 saturated heterocycles. The normalized spacial score (nSPS) is 11.9. The molecule has 0 fully saturated rings. The maximum absolute atomic E-state index is 15.0. The van der Waals surface area contributed by atoms with E-state index in [1.165, 1.54) is 10.8 Å². The Morgan fingerprint density at radius 3 is 1.67 bits per heavy atom. The predicted molar refractivity (Wildman–Crippen MR) is 218 cm³/mol. The third-order valence-electron chi connectivity index (χ3n) is 10.1. The van der Waals surface area contributed by atoms with Gasteiger partial charge in [0.15, 0.2) is 12.8 Å². The van der Waals surface area contributed by atoms with E-state index in [9.17, 15) is 0 Å². The molecular formula is C47H30N3OP. The summed E-state index contributed by atoms with van der Waals surface area (Å²) in [6, 6.07) is 61.5. The summed E-state index contributed by atoms with van der Waals surface area (Å²) in [5, 5.41) is 9.95. The smallest absolute Gasteiger partial charge is 0.171 e. The van der Waals surface area contributed by atoms with Gasteiger partial charge in [-0.25, -0.2) is 15.0 Å². The van der Waals surface area contributed by atoms with Crippen molar-refractivity contribution in [2.24, 2.45) is 0 Å². The molecule has 5 heteroatoms. The molecule has 52 heavy (non-hydrogen) atoms. The molecule has 0 N–H and O–H groups in total. The molecule has 7 aromatic carbocycles. The van der Waals surface area contributed by atoms with E-state index < -0.39 is 7.14 Å². The Morgan fingerprint density at radius 2 is 0.923 bits per heavy atom. The van der Waals surface area contributed by atoms with Crippen molar-refractivity contribution in [1.29, 1.82) is 0 Å². The summed E-state index contributed by atoms with van der Waals surface area (Å²) >= 11 is 0. The Hall–Kier alpha value is -6.48. The van der Waals surface area contributed by atoms with Gasteiger partial charge in [0, 0.05) is 48.6 Å². The van der Waals surface area contributed by atoms with Crippen molar-refractivity contribution in [3.63, 3.8) is 0 Å². The highest BCUT2D eigenvalue weighted by atomic mass is 31.2. The van der Waals surface area contributed by atoms with Gasteiger partial charge in [0.05, 0.1) is 22.4 Å². The van der Waals surface area contributed by atoms with Crippen LogP contribution in [-0.2, 0) is 4.57 Å². The van der Waals surface area contributed by atoms with Crippen molar-refractivity contribution >= 4 is 77.4 Å². The lowest BCUT2D eigenvalue weighted by Crippen LogP contribution is -2.24. The van der Waals surface area contributed by atoms with Crippen LogP contribution in [-0.4, -0.2) is 15.0 Å². The molecule has 4 nitrogen and oxygen atoms in total. The molecule has 0 amide bonds. The number of rotatable bonds is 5. The lowest BCUT2D eigenvalue weighted by atomic mass is 10.00. The second-order valence-corrected chi connectivity index (χ2v) is 15.9. The van der Waals surface area contributed by atoms with Gasteiger partial charge in [-0.3, -0.25) is 0 Å². The number of nitrogens with zero attached hydrogens (tertiary/aromatic N) is 3. The summed E-state index contributed by atoms with van der Waals surface area (Å²) in [7, 11) is -3.10. The molecule has 0 spiro atoms. The van der Waals surface area contributed by atoms with E-state index in [2.05, 4.69) is 91.0 Å². The summed E-state index contributed by atoms with van der Waals surface area (Å²) in [4.78, 5) is 15.7. The van der Waals surface area contributed by atoms with Gasteiger partial charge in [-0.1, -0.05) is 164 Å². The Bertz CT molecular complexity index is 2990. The van der Waals surface area contributed by atoms with E-state index in [1.54, 1.807) is 0 Å². The van der Waals surface area contributed by atoms with Gasteiger partial charge in [-0.05, 0) is 34.4 Å². The van der Waals surface area contributed by atoms with Gasteiger partial charge in [0.1, 0.15) is 0 Å². The second-order valence-electron chi connectivity index (χ2n) is 13.2. The average Bonchev–Trinajstić information content (AvgIpc) is 3.22. The van der Waals surface area contributed by atoms with Crippen LogP contribution in [0.1, 0.15) is 0 Å². The second kappa shape index (κ2) is 12.1. The molecule has 3 heterocycles. The number of fused-ring (bicyclic) bond motifs is 7. The third-order valence-corrected chi connectivity index (χ3v) is 13.2. The zero-order valence-corrected chi connectivity index (χ0v) is 28.9.